The molecule has 34 heavy (non-hydrogen) atoms. The Hall–Kier alpha value is -4.10. The minimum absolute atomic E-state index is 0.182. The van der Waals surface area contributed by atoms with Gasteiger partial charge in [-0.05, 0) is 49.1 Å². The summed E-state index contributed by atoms with van der Waals surface area (Å²) in [7, 11) is 0. The van der Waals surface area contributed by atoms with Crippen LogP contribution in [0.4, 0.5) is 5.82 Å². The number of aromatic nitrogens is 3. The fraction of sp³-hybridized carbons (Fsp3) is 0.185. The van der Waals surface area contributed by atoms with E-state index in [1.807, 2.05) is 37.3 Å². The number of ether oxygens (including phenoxy) is 1. The molecule has 2 aromatic carbocycles. The van der Waals surface area contributed by atoms with Crippen LogP contribution in [0, 0.1) is 13.8 Å². The van der Waals surface area contributed by atoms with Crippen molar-refractivity contribution in [2.45, 2.75) is 26.3 Å². The van der Waals surface area contributed by atoms with Crippen molar-refractivity contribution < 1.29 is 9.53 Å². The van der Waals surface area contributed by atoms with E-state index in [9.17, 15) is 4.79 Å². The highest BCUT2D eigenvalue weighted by Gasteiger charge is 2.20. The Kier molecular flexibility index (Phi) is 7.57. The first-order chi connectivity index (χ1) is 16.6. The van der Waals surface area contributed by atoms with Gasteiger partial charge in [0.15, 0.2) is 0 Å². The van der Waals surface area contributed by atoms with Gasteiger partial charge in [-0.25, -0.2) is 15.0 Å². The molecule has 0 saturated heterocycles. The Morgan fingerprint density at radius 2 is 1.59 bits per heavy atom. The average molecular weight is 454 g/mol. The lowest BCUT2D eigenvalue weighted by atomic mass is 10.1. The molecule has 4 rings (SSSR count). The third-order valence-corrected chi connectivity index (χ3v) is 5.23. The van der Waals surface area contributed by atoms with Crippen LogP contribution < -0.4 is 15.4 Å². The summed E-state index contributed by atoms with van der Waals surface area (Å²) in [5.74, 6) is 0.735. The number of amides is 1. The molecule has 0 unspecified atom stereocenters. The van der Waals surface area contributed by atoms with Crippen molar-refractivity contribution in [2.75, 3.05) is 11.9 Å². The van der Waals surface area contributed by atoms with Crippen LogP contribution in [0.2, 0.25) is 0 Å². The molecule has 0 radical (unpaired) electrons. The molecule has 0 saturated carbocycles. The molecule has 2 aromatic heterocycles. The molecule has 172 valence electrons. The SMILES string of the molecule is Cc1ccc(CCN[C@@H](C(=O)Nc2ccc(Oc3ncc(C)cn3)cn2)c2ccccc2)cc1. The van der Waals surface area contributed by atoms with Gasteiger partial charge in [-0.15, -0.1) is 0 Å². The number of aryl methyl sites for hydroxylation is 2. The summed E-state index contributed by atoms with van der Waals surface area (Å²) in [6, 6.07) is 21.2. The van der Waals surface area contributed by atoms with Gasteiger partial charge < -0.3 is 15.4 Å². The van der Waals surface area contributed by atoms with E-state index in [0.29, 0.717) is 18.1 Å². The lowest BCUT2D eigenvalue weighted by molar-refractivity contribution is -0.118. The molecular formula is C27H27N5O2. The van der Waals surface area contributed by atoms with Crippen molar-refractivity contribution in [3.8, 4) is 11.8 Å². The summed E-state index contributed by atoms with van der Waals surface area (Å²) in [6.07, 6.45) is 5.71. The minimum atomic E-state index is -0.509. The molecule has 2 N–H and O–H groups in total. The second-order valence-corrected chi connectivity index (χ2v) is 8.05. The van der Waals surface area contributed by atoms with Gasteiger partial charge in [-0.2, -0.15) is 0 Å². The van der Waals surface area contributed by atoms with Gasteiger partial charge in [-0.3, -0.25) is 4.79 Å². The maximum atomic E-state index is 13.1. The van der Waals surface area contributed by atoms with E-state index in [-0.39, 0.29) is 11.9 Å². The monoisotopic (exact) mass is 453 g/mol. The summed E-state index contributed by atoms with van der Waals surface area (Å²) in [5, 5.41) is 6.28. The zero-order chi connectivity index (χ0) is 23.8. The highest BCUT2D eigenvalue weighted by molar-refractivity contribution is 5.94. The third kappa shape index (κ3) is 6.46. The van der Waals surface area contributed by atoms with Gasteiger partial charge >= 0.3 is 6.01 Å². The number of pyridine rings is 1. The van der Waals surface area contributed by atoms with Crippen LogP contribution in [0.25, 0.3) is 0 Å². The van der Waals surface area contributed by atoms with Crippen LogP contribution in [-0.4, -0.2) is 27.4 Å². The van der Waals surface area contributed by atoms with E-state index >= 15 is 0 Å². The molecule has 0 aliphatic heterocycles. The Bertz CT molecular complexity index is 1190. The van der Waals surface area contributed by atoms with Crippen molar-refractivity contribution in [1.29, 1.82) is 0 Å². The number of anilines is 1. The van der Waals surface area contributed by atoms with Crippen molar-refractivity contribution in [1.82, 2.24) is 20.3 Å². The zero-order valence-electron chi connectivity index (χ0n) is 19.2. The smallest absolute Gasteiger partial charge is 0.321 e. The Balaban J connectivity index is 1.39. The van der Waals surface area contributed by atoms with Crippen LogP contribution in [0.15, 0.2) is 85.3 Å². The van der Waals surface area contributed by atoms with Gasteiger partial charge in [0, 0.05) is 18.9 Å². The number of carbonyl (C=O) groups is 1. The van der Waals surface area contributed by atoms with Crippen molar-refractivity contribution in [3.05, 3.63) is 108 Å². The molecule has 0 spiro atoms. The zero-order valence-corrected chi connectivity index (χ0v) is 19.2. The Morgan fingerprint density at radius 1 is 0.853 bits per heavy atom. The summed E-state index contributed by atoms with van der Waals surface area (Å²) in [4.78, 5) is 25.7. The summed E-state index contributed by atoms with van der Waals surface area (Å²) >= 11 is 0. The van der Waals surface area contributed by atoms with Crippen LogP contribution in [0.1, 0.15) is 28.3 Å². The van der Waals surface area contributed by atoms with Gasteiger partial charge in [-0.1, -0.05) is 60.2 Å². The molecule has 0 fully saturated rings. The van der Waals surface area contributed by atoms with E-state index in [1.165, 1.54) is 17.3 Å². The molecule has 0 aliphatic rings. The molecule has 1 atom stereocenters. The van der Waals surface area contributed by atoms with Crippen molar-refractivity contribution >= 4 is 11.7 Å². The van der Waals surface area contributed by atoms with E-state index < -0.39 is 6.04 Å². The van der Waals surface area contributed by atoms with E-state index in [2.05, 4.69) is 56.8 Å². The molecule has 0 bridgehead atoms. The first kappa shape index (κ1) is 23.1. The molecule has 7 heteroatoms. The van der Waals surface area contributed by atoms with Crippen molar-refractivity contribution in [3.63, 3.8) is 0 Å². The fourth-order valence-electron chi connectivity index (χ4n) is 3.37. The molecule has 0 aliphatic carbocycles. The lowest BCUT2D eigenvalue weighted by Gasteiger charge is -2.19. The number of carbonyl (C=O) groups excluding carboxylic acids is 1. The van der Waals surface area contributed by atoms with Crippen LogP contribution in [0.5, 0.6) is 11.8 Å². The van der Waals surface area contributed by atoms with Gasteiger partial charge in [0.2, 0.25) is 5.91 Å². The number of hydrogen-bond donors (Lipinski definition) is 2. The molecule has 7 nitrogen and oxygen atoms in total. The van der Waals surface area contributed by atoms with Crippen molar-refractivity contribution in [2.24, 2.45) is 0 Å². The van der Waals surface area contributed by atoms with E-state index in [4.69, 9.17) is 4.74 Å². The number of nitrogens with zero attached hydrogens (tertiary/aromatic N) is 3. The number of rotatable bonds is 9. The second kappa shape index (κ2) is 11.2. The summed E-state index contributed by atoms with van der Waals surface area (Å²) in [5.41, 5.74) is 4.29. The summed E-state index contributed by atoms with van der Waals surface area (Å²) < 4.78 is 5.60. The number of nitrogens with one attached hydrogen (secondary N) is 2. The first-order valence-electron chi connectivity index (χ1n) is 11.1. The van der Waals surface area contributed by atoms with E-state index in [1.54, 1.807) is 24.5 Å². The normalized spacial score (nSPS) is 11.6. The predicted molar refractivity (Wildman–Crippen MR) is 132 cm³/mol. The topological polar surface area (TPSA) is 89.0 Å². The quantitative estimate of drug-likeness (QED) is 0.379. The molecule has 4 aromatic rings. The maximum Gasteiger partial charge on any atom is 0.321 e. The molecule has 2 heterocycles. The second-order valence-electron chi connectivity index (χ2n) is 8.05. The number of hydrogen-bond acceptors (Lipinski definition) is 6. The molecular weight excluding hydrogens is 426 g/mol. The fourth-order valence-corrected chi connectivity index (χ4v) is 3.37. The molecule has 1 amide bonds. The van der Waals surface area contributed by atoms with Gasteiger partial charge in [0.25, 0.3) is 0 Å². The summed E-state index contributed by atoms with van der Waals surface area (Å²) in [6.45, 7) is 4.64. The highest BCUT2D eigenvalue weighted by atomic mass is 16.5. The predicted octanol–water partition coefficient (Wildman–Crippen LogP) is 4.79. The Morgan fingerprint density at radius 3 is 2.26 bits per heavy atom. The van der Waals surface area contributed by atoms with Crippen LogP contribution in [0.3, 0.4) is 0 Å². The highest BCUT2D eigenvalue weighted by Crippen LogP contribution is 2.20. The first-order valence-corrected chi connectivity index (χ1v) is 11.1. The van der Waals surface area contributed by atoms with Gasteiger partial charge in [0.1, 0.15) is 17.6 Å². The number of benzene rings is 2. The van der Waals surface area contributed by atoms with Crippen LogP contribution in [-0.2, 0) is 11.2 Å². The van der Waals surface area contributed by atoms with E-state index in [0.717, 1.165) is 17.5 Å². The lowest BCUT2D eigenvalue weighted by Crippen LogP contribution is -2.34. The standard InChI is InChI=1S/C27H27N5O2/c1-19-8-10-21(11-9-19)14-15-28-25(22-6-4-3-5-7-22)26(33)32-24-13-12-23(18-29-24)34-27-30-16-20(2)17-31-27/h3-13,16-18,25,28H,14-15H2,1-2H3,(H,29,32,33)/t25-/m1/s1. The van der Waals surface area contributed by atoms with Gasteiger partial charge in [0.05, 0.1) is 6.20 Å². The average Bonchev–Trinajstić information content (AvgIpc) is 2.86. The minimum Gasteiger partial charge on any atom is -0.423 e. The third-order valence-electron chi connectivity index (χ3n) is 5.23. The largest absolute Gasteiger partial charge is 0.423 e. The Labute approximate surface area is 199 Å². The maximum absolute atomic E-state index is 13.1. The van der Waals surface area contributed by atoms with Crippen LogP contribution >= 0.6 is 0 Å².